The summed E-state index contributed by atoms with van der Waals surface area (Å²) in [6, 6.07) is 1.63. The number of aromatic nitrogens is 4. The molecule has 0 spiro atoms. The molecule has 2 aromatic rings. The second kappa shape index (κ2) is 5.34. The molecule has 0 unspecified atom stereocenters. The fourth-order valence-electron chi connectivity index (χ4n) is 1.40. The number of rotatable bonds is 5. The maximum atomic E-state index is 11.8. The number of Topliss-reactive ketones (excluding diaryl/α,β-unsaturated/α-hetero) is 1. The number of amides is 1. The predicted molar refractivity (Wildman–Crippen MR) is 66.3 cm³/mol. The minimum Gasteiger partial charge on any atom is -0.463 e. The van der Waals surface area contributed by atoms with Crippen LogP contribution >= 0.6 is 0 Å². The van der Waals surface area contributed by atoms with Crippen molar-refractivity contribution in [1.82, 2.24) is 20.2 Å². The van der Waals surface area contributed by atoms with Crippen LogP contribution in [-0.4, -0.2) is 38.5 Å². The standard InChI is InChI=1S/C11H13N5O3/c1-3-19-11-14-10(15-16-11)13-9(18)8-4-7(5-12-8)6(2)17/h4-5,12H,3H2,1-2H3,(H2,13,14,15,16,18). The molecule has 3 N–H and O–H groups in total. The maximum absolute atomic E-state index is 11.8. The van der Waals surface area contributed by atoms with E-state index >= 15 is 0 Å². The van der Waals surface area contributed by atoms with Gasteiger partial charge in [-0.3, -0.25) is 14.9 Å². The fourth-order valence-corrected chi connectivity index (χ4v) is 1.40. The Morgan fingerprint density at radius 1 is 1.47 bits per heavy atom. The van der Waals surface area contributed by atoms with Crippen LogP contribution in [0.2, 0.25) is 0 Å². The maximum Gasteiger partial charge on any atom is 0.337 e. The lowest BCUT2D eigenvalue weighted by Gasteiger charge is -1.97. The monoisotopic (exact) mass is 263 g/mol. The minimum atomic E-state index is -0.424. The highest BCUT2D eigenvalue weighted by Crippen LogP contribution is 2.09. The first kappa shape index (κ1) is 12.8. The Labute approximate surface area is 108 Å². The largest absolute Gasteiger partial charge is 0.463 e. The van der Waals surface area contributed by atoms with Gasteiger partial charge in [0.05, 0.1) is 6.61 Å². The molecule has 0 aliphatic rings. The lowest BCUT2D eigenvalue weighted by molar-refractivity contribution is 0.101. The van der Waals surface area contributed by atoms with Gasteiger partial charge in [0.2, 0.25) is 5.95 Å². The number of nitrogens with one attached hydrogen (secondary N) is 3. The van der Waals surface area contributed by atoms with Gasteiger partial charge in [0.1, 0.15) is 5.69 Å². The van der Waals surface area contributed by atoms with Crippen molar-refractivity contribution in [1.29, 1.82) is 0 Å². The second-order valence-corrected chi connectivity index (χ2v) is 3.71. The molecule has 2 aromatic heterocycles. The number of nitrogens with zero attached hydrogens (tertiary/aromatic N) is 2. The normalized spacial score (nSPS) is 10.2. The summed E-state index contributed by atoms with van der Waals surface area (Å²) in [5.74, 6) is -0.368. The topological polar surface area (TPSA) is 113 Å². The van der Waals surface area contributed by atoms with Gasteiger partial charge < -0.3 is 9.72 Å². The molecular weight excluding hydrogens is 250 g/mol. The van der Waals surface area contributed by atoms with Gasteiger partial charge in [-0.2, -0.15) is 4.98 Å². The van der Waals surface area contributed by atoms with Crippen LogP contribution in [0.4, 0.5) is 5.95 Å². The summed E-state index contributed by atoms with van der Waals surface area (Å²) in [6.45, 7) is 3.66. The summed E-state index contributed by atoms with van der Waals surface area (Å²) in [5, 5.41) is 8.77. The summed E-state index contributed by atoms with van der Waals surface area (Å²) in [5.41, 5.74) is 0.706. The number of hydrogen-bond acceptors (Lipinski definition) is 5. The first-order chi connectivity index (χ1) is 9.10. The van der Waals surface area contributed by atoms with E-state index in [1.54, 1.807) is 6.92 Å². The molecule has 0 saturated heterocycles. The number of ether oxygens (including phenoxy) is 1. The predicted octanol–water partition coefficient (Wildman–Crippen LogP) is 0.986. The average molecular weight is 263 g/mol. The third kappa shape index (κ3) is 2.97. The fraction of sp³-hybridized carbons (Fsp3) is 0.273. The first-order valence-corrected chi connectivity index (χ1v) is 5.66. The summed E-state index contributed by atoms with van der Waals surface area (Å²) in [6.07, 6.45) is 1.48. The van der Waals surface area contributed by atoms with Crippen LogP contribution in [0.1, 0.15) is 34.7 Å². The van der Waals surface area contributed by atoms with Gasteiger partial charge in [-0.1, -0.05) is 0 Å². The summed E-state index contributed by atoms with van der Waals surface area (Å²) < 4.78 is 5.05. The van der Waals surface area contributed by atoms with E-state index in [1.165, 1.54) is 19.2 Å². The molecule has 1 amide bonds. The number of hydrogen-bond donors (Lipinski definition) is 3. The van der Waals surface area contributed by atoms with Crippen molar-refractivity contribution in [2.45, 2.75) is 13.8 Å². The molecule has 0 aliphatic carbocycles. The highest BCUT2D eigenvalue weighted by atomic mass is 16.5. The molecule has 0 aliphatic heterocycles. The number of H-pyrrole nitrogens is 2. The van der Waals surface area contributed by atoms with Gasteiger partial charge in [-0.25, -0.2) is 5.10 Å². The molecule has 100 valence electrons. The number of anilines is 1. The van der Waals surface area contributed by atoms with Gasteiger partial charge in [0, 0.05) is 11.8 Å². The van der Waals surface area contributed by atoms with Gasteiger partial charge in [-0.15, -0.1) is 5.10 Å². The highest BCUT2D eigenvalue weighted by Gasteiger charge is 2.13. The van der Waals surface area contributed by atoms with E-state index in [-0.39, 0.29) is 23.4 Å². The van der Waals surface area contributed by atoms with Crippen LogP contribution in [0.5, 0.6) is 6.01 Å². The summed E-state index contributed by atoms with van der Waals surface area (Å²) in [7, 11) is 0. The molecule has 19 heavy (non-hydrogen) atoms. The Hall–Kier alpha value is -2.64. The zero-order chi connectivity index (χ0) is 13.8. The van der Waals surface area contributed by atoms with Crippen LogP contribution in [0.25, 0.3) is 0 Å². The van der Waals surface area contributed by atoms with E-state index < -0.39 is 5.91 Å². The van der Waals surface area contributed by atoms with Crippen molar-refractivity contribution < 1.29 is 14.3 Å². The number of ketones is 1. The van der Waals surface area contributed by atoms with E-state index in [1.807, 2.05) is 0 Å². The van der Waals surface area contributed by atoms with Crippen LogP contribution in [0.3, 0.4) is 0 Å². The Bertz CT molecular complexity index is 601. The van der Waals surface area contributed by atoms with Crippen LogP contribution in [0.15, 0.2) is 12.3 Å². The van der Waals surface area contributed by atoms with Crippen molar-refractivity contribution in [3.05, 3.63) is 23.5 Å². The van der Waals surface area contributed by atoms with Gasteiger partial charge in [0.25, 0.3) is 5.91 Å². The van der Waals surface area contributed by atoms with Crippen molar-refractivity contribution >= 4 is 17.6 Å². The zero-order valence-electron chi connectivity index (χ0n) is 10.5. The average Bonchev–Trinajstić information content (AvgIpc) is 2.98. The molecule has 8 heteroatoms. The van der Waals surface area contributed by atoms with E-state index in [9.17, 15) is 9.59 Å². The molecule has 0 bridgehead atoms. The first-order valence-electron chi connectivity index (χ1n) is 5.66. The summed E-state index contributed by atoms with van der Waals surface area (Å²) >= 11 is 0. The van der Waals surface area contributed by atoms with Gasteiger partial charge in [0.15, 0.2) is 5.78 Å². The van der Waals surface area contributed by atoms with Crippen LogP contribution < -0.4 is 10.1 Å². The van der Waals surface area contributed by atoms with Crippen LogP contribution in [0, 0.1) is 0 Å². The van der Waals surface area contributed by atoms with Crippen LogP contribution in [-0.2, 0) is 0 Å². The molecule has 2 heterocycles. The molecule has 8 nitrogen and oxygen atoms in total. The van der Waals surface area contributed by atoms with Crippen molar-refractivity contribution in [3.8, 4) is 6.01 Å². The Morgan fingerprint density at radius 2 is 2.26 bits per heavy atom. The van der Waals surface area contributed by atoms with E-state index in [2.05, 4.69) is 25.5 Å². The minimum absolute atomic E-state index is 0.117. The van der Waals surface area contributed by atoms with Gasteiger partial charge in [-0.05, 0) is 19.9 Å². The van der Waals surface area contributed by atoms with E-state index in [0.29, 0.717) is 12.2 Å². The lowest BCUT2D eigenvalue weighted by Crippen LogP contribution is -2.13. The summed E-state index contributed by atoms with van der Waals surface area (Å²) in [4.78, 5) is 29.6. The molecule has 0 saturated carbocycles. The molecular formula is C11H13N5O3. The third-order valence-corrected chi connectivity index (χ3v) is 2.30. The second-order valence-electron chi connectivity index (χ2n) is 3.71. The quantitative estimate of drug-likeness (QED) is 0.696. The Morgan fingerprint density at radius 3 is 2.89 bits per heavy atom. The number of carbonyl (C=O) groups excluding carboxylic acids is 2. The molecule has 0 aromatic carbocycles. The lowest BCUT2D eigenvalue weighted by atomic mass is 10.2. The van der Waals surface area contributed by atoms with Gasteiger partial charge >= 0.3 is 6.01 Å². The number of aromatic amines is 2. The third-order valence-electron chi connectivity index (χ3n) is 2.30. The molecule has 0 atom stereocenters. The SMILES string of the molecule is CCOc1n[nH]c(NC(=O)c2cc(C(C)=O)c[nH]2)n1. The molecule has 0 fully saturated rings. The zero-order valence-corrected chi connectivity index (χ0v) is 10.5. The molecule has 0 radical (unpaired) electrons. The van der Waals surface area contributed by atoms with Crippen molar-refractivity contribution in [2.75, 3.05) is 11.9 Å². The van der Waals surface area contributed by atoms with Crippen molar-refractivity contribution in [3.63, 3.8) is 0 Å². The number of carbonyl (C=O) groups is 2. The van der Waals surface area contributed by atoms with Crippen molar-refractivity contribution in [2.24, 2.45) is 0 Å². The Kier molecular flexibility index (Phi) is 3.60. The molecule has 2 rings (SSSR count). The van der Waals surface area contributed by atoms with E-state index in [0.717, 1.165) is 0 Å². The smallest absolute Gasteiger partial charge is 0.337 e. The highest BCUT2D eigenvalue weighted by molar-refractivity contribution is 6.04. The van der Waals surface area contributed by atoms with E-state index in [4.69, 9.17) is 4.74 Å². The Balaban J connectivity index is 2.04.